The molecule has 8 nitrogen and oxygen atoms in total. The second-order valence-electron chi connectivity index (χ2n) is 6.90. The first-order chi connectivity index (χ1) is 12.3. The number of fused-ring (bicyclic) bond motifs is 1. The Kier molecular flexibility index (Phi) is 5.50. The van der Waals surface area contributed by atoms with Gasteiger partial charge >= 0.3 is 0 Å². The van der Waals surface area contributed by atoms with Crippen LogP contribution in [0.1, 0.15) is 30.8 Å². The lowest BCUT2D eigenvalue weighted by Crippen LogP contribution is -2.38. The Bertz CT molecular complexity index is 802. The molecule has 0 aromatic carbocycles. The van der Waals surface area contributed by atoms with Crippen LogP contribution in [-0.4, -0.2) is 59.9 Å². The van der Waals surface area contributed by atoms with E-state index in [0.29, 0.717) is 50.6 Å². The smallest absolute Gasteiger partial charge is 0.231 e. The van der Waals surface area contributed by atoms with Gasteiger partial charge in [0, 0.05) is 37.5 Å². The zero-order valence-corrected chi connectivity index (χ0v) is 16.6. The molecule has 0 radical (unpaired) electrons. The Morgan fingerprint density at radius 1 is 1.35 bits per heavy atom. The molecule has 2 aliphatic rings. The van der Waals surface area contributed by atoms with Gasteiger partial charge in [0.05, 0.1) is 16.9 Å². The molecule has 0 bridgehead atoms. The molecule has 0 aliphatic carbocycles. The molecule has 3 heterocycles. The summed E-state index contributed by atoms with van der Waals surface area (Å²) in [4.78, 5) is 19.5. The molecule has 1 atom stereocenters. The third kappa shape index (κ3) is 3.84. The van der Waals surface area contributed by atoms with Crippen LogP contribution in [0.25, 0.3) is 0 Å². The van der Waals surface area contributed by atoms with Crippen LogP contribution in [0.5, 0.6) is 0 Å². The van der Waals surface area contributed by atoms with Crippen LogP contribution in [0.15, 0.2) is 0 Å². The maximum absolute atomic E-state index is 12.3. The van der Waals surface area contributed by atoms with Crippen molar-refractivity contribution in [2.45, 2.75) is 38.4 Å². The van der Waals surface area contributed by atoms with Crippen LogP contribution in [0.2, 0.25) is 0 Å². The molecule has 0 saturated carbocycles. The van der Waals surface area contributed by atoms with Crippen LogP contribution in [0, 0.1) is 17.4 Å². The molecule has 1 fully saturated rings. The Hall–Kier alpha value is -1.70. The molecule has 1 saturated heterocycles. The zero-order valence-electron chi connectivity index (χ0n) is 14.9. The third-order valence-electron chi connectivity index (χ3n) is 4.85. The predicted octanol–water partition coefficient (Wildman–Crippen LogP) is 1.02. The zero-order chi connectivity index (χ0) is 18.9. The van der Waals surface area contributed by atoms with Gasteiger partial charge in [0.25, 0.3) is 0 Å². The van der Waals surface area contributed by atoms with E-state index in [-0.39, 0.29) is 11.8 Å². The number of hydrogen-bond donors (Lipinski definition) is 1. The van der Waals surface area contributed by atoms with Crippen molar-refractivity contribution in [3.63, 3.8) is 0 Å². The summed E-state index contributed by atoms with van der Waals surface area (Å²) >= 11 is 1.42. The number of nitriles is 1. The van der Waals surface area contributed by atoms with Gasteiger partial charge in [-0.25, -0.2) is 17.7 Å². The van der Waals surface area contributed by atoms with Crippen LogP contribution >= 0.6 is 11.3 Å². The van der Waals surface area contributed by atoms with Crippen LogP contribution in [0.4, 0.5) is 5.13 Å². The number of likely N-dealkylation sites (tertiary alicyclic amines) is 1. The number of sulfonamides is 1. The Morgan fingerprint density at radius 3 is 2.73 bits per heavy atom. The van der Waals surface area contributed by atoms with E-state index >= 15 is 0 Å². The third-order valence-corrected chi connectivity index (χ3v) is 8.20. The standard InChI is InChI=1S/C16H23N5O3S2/c1-11(2)26(23,24)21-7-4-13-14(5-8-21)25-16(18-13)19-15(22)12-3-6-20(9-12)10-17/h11-12H,3-9H2,1-2H3,(H,18,19,22)/t12-/m0/s1. The van der Waals surface area contributed by atoms with E-state index < -0.39 is 15.3 Å². The molecular formula is C16H23N5O3S2. The van der Waals surface area contributed by atoms with Gasteiger partial charge in [-0.15, -0.1) is 11.3 Å². The lowest BCUT2D eigenvalue weighted by atomic mass is 10.1. The van der Waals surface area contributed by atoms with Crippen molar-refractivity contribution in [2.75, 3.05) is 31.5 Å². The first-order valence-electron chi connectivity index (χ1n) is 8.74. The number of thiazole rings is 1. The summed E-state index contributed by atoms with van der Waals surface area (Å²) in [6.45, 7) is 5.32. The summed E-state index contributed by atoms with van der Waals surface area (Å²) in [5.74, 6) is -0.291. The van der Waals surface area contributed by atoms with E-state index in [0.717, 1.165) is 10.6 Å². The van der Waals surface area contributed by atoms with Gasteiger partial charge in [0.1, 0.15) is 0 Å². The van der Waals surface area contributed by atoms with Gasteiger partial charge in [-0.2, -0.15) is 5.26 Å². The number of hydrogen-bond acceptors (Lipinski definition) is 7. The monoisotopic (exact) mass is 397 g/mol. The molecule has 0 spiro atoms. The quantitative estimate of drug-likeness (QED) is 0.761. The number of carbonyl (C=O) groups excluding carboxylic acids is 1. The minimum atomic E-state index is -3.26. The van der Waals surface area contributed by atoms with Crippen LogP contribution in [0.3, 0.4) is 0 Å². The first-order valence-corrected chi connectivity index (χ1v) is 11.1. The summed E-state index contributed by atoms with van der Waals surface area (Å²) in [6, 6.07) is 0. The van der Waals surface area contributed by atoms with Crippen molar-refractivity contribution in [3.8, 4) is 6.19 Å². The fourth-order valence-electron chi connectivity index (χ4n) is 3.22. The number of nitrogens with zero attached hydrogens (tertiary/aromatic N) is 4. The van der Waals surface area contributed by atoms with Crippen molar-refractivity contribution >= 4 is 32.4 Å². The SMILES string of the molecule is CC(C)S(=O)(=O)N1CCc2nc(NC(=O)[C@H]3CCN(C#N)C3)sc2CC1. The molecule has 26 heavy (non-hydrogen) atoms. The first kappa shape index (κ1) is 19.1. The predicted molar refractivity (Wildman–Crippen MR) is 99.1 cm³/mol. The molecule has 1 N–H and O–H groups in total. The van der Waals surface area contributed by atoms with Crippen LogP contribution < -0.4 is 5.32 Å². The second-order valence-corrected chi connectivity index (χ2v) is 10.5. The molecule has 0 unspecified atom stereocenters. The van der Waals surface area contributed by atoms with Gasteiger partial charge in [-0.3, -0.25) is 4.79 Å². The van der Waals surface area contributed by atoms with Crippen molar-refractivity contribution in [1.82, 2.24) is 14.2 Å². The number of carbonyl (C=O) groups is 1. The number of rotatable bonds is 4. The van der Waals surface area contributed by atoms with Gasteiger partial charge in [-0.05, 0) is 26.7 Å². The van der Waals surface area contributed by atoms with E-state index in [1.165, 1.54) is 11.3 Å². The normalized spacial score (nSPS) is 21.3. The molecule has 2 aliphatic heterocycles. The highest BCUT2D eigenvalue weighted by molar-refractivity contribution is 7.89. The summed E-state index contributed by atoms with van der Waals surface area (Å²) in [5, 5.41) is 11.9. The highest BCUT2D eigenvalue weighted by Gasteiger charge is 2.30. The maximum atomic E-state index is 12.3. The average molecular weight is 398 g/mol. The Morgan fingerprint density at radius 2 is 2.08 bits per heavy atom. The number of nitrogens with one attached hydrogen (secondary N) is 1. The van der Waals surface area contributed by atoms with Gasteiger partial charge < -0.3 is 10.2 Å². The fraction of sp³-hybridized carbons (Fsp3) is 0.688. The minimum absolute atomic E-state index is 0.101. The highest BCUT2D eigenvalue weighted by Crippen LogP contribution is 2.28. The van der Waals surface area contributed by atoms with E-state index in [4.69, 9.17) is 5.26 Å². The number of anilines is 1. The van der Waals surface area contributed by atoms with Crippen molar-refractivity contribution < 1.29 is 13.2 Å². The van der Waals surface area contributed by atoms with Crippen molar-refractivity contribution in [1.29, 1.82) is 5.26 Å². The van der Waals surface area contributed by atoms with Gasteiger partial charge in [-0.1, -0.05) is 0 Å². The van der Waals surface area contributed by atoms with Crippen LogP contribution in [-0.2, 0) is 27.7 Å². The number of amides is 1. The van der Waals surface area contributed by atoms with E-state index in [9.17, 15) is 13.2 Å². The second kappa shape index (κ2) is 7.50. The molecular weight excluding hydrogens is 374 g/mol. The molecule has 1 amide bonds. The van der Waals surface area contributed by atoms with E-state index in [2.05, 4.69) is 16.5 Å². The lowest BCUT2D eigenvalue weighted by Gasteiger charge is -2.22. The van der Waals surface area contributed by atoms with E-state index in [1.54, 1.807) is 23.1 Å². The summed E-state index contributed by atoms with van der Waals surface area (Å²) in [5.41, 5.74) is 0.872. The molecule has 3 rings (SSSR count). The van der Waals surface area contributed by atoms with Gasteiger partial charge in [0.2, 0.25) is 15.9 Å². The highest BCUT2D eigenvalue weighted by atomic mass is 32.2. The van der Waals surface area contributed by atoms with Crippen molar-refractivity contribution in [3.05, 3.63) is 10.6 Å². The van der Waals surface area contributed by atoms with Crippen molar-refractivity contribution in [2.24, 2.45) is 5.92 Å². The molecule has 1 aromatic heterocycles. The van der Waals surface area contributed by atoms with Gasteiger partial charge in [0.15, 0.2) is 11.3 Å². The maximum Gasteiger partial charge on any atom is 0.231 e. The number of aromatic nitrogens is 1. The average Bonchev–Trinajstić information content (AvgIpc) is 3.17. The summed E-state index contributed by atoms with van der Waals surface area (Å²) in [7, 11) is -3.26. The topological polar surface area (TPSA) is 106 Å². The Balaban J connectivity index is 1.63. The largest absolute Gasteiger partial charge is 0.310 e. The summed E-state index contributed by atoms with van der Waals surface area (Å²) in [6.07, 6.45) is 3.91. The lowest BCUT2D eigenvalue weighted by molar-refractivity contribution is -0.119. The molecule has 10 heteroatoms. The Labute approximate surface area is 157 Å². The molecule has 142 valence electrons. The fourth-order valence-corrected chi connectivity index (χ4v) is 5.51. The van der Waals surface area contributed by atoms with E-state index in [1.807, 2.05) is 0 Å². The minimum Gasteiger partial charge on any atom is -0.310 e. The molecule has 1 aromatic rings. The summed E-state index contributed by atoms with van der Waals surface area (Å²) < 4.78 is 26.2.